The Morgan fingerprint density at radius 2 is 2.00 bits per heavy atom. The Morgan fingerprint density at radius 3 is 2.73 bits per heavy atom. The lowest BCUT2D eigenvalue weighted by Crippen LogP contribution is -2.46. The Morgan fingerprint density at radius 1 is 1.27 bits per heavy atom. The van der Waals surface area contributed by atoms with Gasteiger partial charge in [0.25, 0.3) is 0 Å². The average molecular weight is 364 g/mol. The zero-order valence-corrected chi connectivity index (χ0v) is 14.1. The van der Waals surface area contributed by atoms with E-state index in [2.05, 4.69) is 15.3 Å². The van der Waals surface area contributed by atoms with Crippen molar-refractivity contribution < 1.29 is 23.0 Å². The third kappa shape index (κ3) is 4.16. The summed E-state index contributed by atoms with van der Waals surface area (Å²) in [6.45, 7) is 0.729. The summed E-state index contributed by atoms with van der Waals surface area (Å²) < 4.78 is 38.1. The average Bonchev–Trinajstić information content (AvgIpc) is 2.65. The van der Waals surface area contributed by atoms with E-state index in [1.54, 1.807) is 0 Å². The lowest BCUT2D eigenvalue weighted by Gasteiger charge is -2.32. The van der Waals surface area contributed by atoms with E-state index in [1.165, 1.54) is 30.5 Å². The van der Waals surface area contributed by atoms with Crippen LogP contribution in [-0.4, -0.2) is 47.2 Å². The van der Waals surface area contributed by atoms with Crippen molar-refractivity contribution in [1.29, 1.82) is 0 Å². The van der Waals surface area contributed by atoms with Crippen LogP contribution in [0.25, 0.3) is 0 Å². The van der Waals surface area contributed by atoms with Crippen molar-refractivity contribution in [2.24, 2.45) is 0 Å². The maximum absolute atomic E-state index is 13.7. The van der Waals surface area contributed by atoms with Gasteiger partial charge < -0.3 is 19.7 Å². The van der Waals surface area contributed by atoms with Crippen molar-refractivity contribution in [3.63, 3.8) is 0 Å². The van der Waals surface area contributed by atoms with Crippen LogP contribution in [0.1, 0.15) is 12.8 Å². The van der Waals surface area contributed by atoms with E-state index in [0.29, 0.717) is 18.8 Å². The number of hydrogen-bond donors (Lipinski definition) is 1. The third-order valence-electron chi connectivity index (χ3n) is 3.95. The second-order valence-electron chi connectivity index (χ2n) is 5.75. The van der Waals surface area contributed by atoms with E-state index >= 15 is 0 Å². The standard InChI is InChI=1S/C17H18F2N4O3/c1-25-14-8-20-9-15(21-14)26-11-4-3-7-23(10-11)17(24)22-16-12(18)5-2-6-13(16)19/h2,5-6,8-9,11H,3-4,7,10H2,1H3,(H,22,24). The van der Waals surface area contributed by atoms with E-state index in [9.17, 15) is 13.6 Å². The quantitative estimate of drug-likeness (QED) is 0.903. The van der Waals surface area contributed by atoms with Crippen LogP contribution in [0.5, 0.6) is 11.8 Å². The molecule has 0 radical (unpaired) electrons. The molecule has 2 amide bonds. The molecular formula is C17H18F2N4O3. The molecule has 0 saturated carbocycles. The summed E-state index contributed by atoms with van der Waals surface area (Å²) in [7, 11) is 1.47. The number of amides is 2. The summed E-state index contributed by atoms with van der Waals surface area (Å²) in [5.74, 6) is -1.04. The van der Waals surface area contributed by atoms with Crippen molar-refractivity contribution in [3.05, 3.63) is 42.2 Å². The first-order valence-electron chi connectivity index (χ1n) is 8.09. The van der Waals surface area contributed by atoms with Gasteiger partial charge in [-0.15, -0.1) is 0 Å². The highest BCUT2D eigenvalue weighted by atomic mass is 19.1. The SMILES string of the molecule is COc1cncc(OC2CCCN(C(=O)Nc3c(F)cccc3F)C2)n1. The molecule has 0 bridgehead atoms. The van der Waals surface area contributed by atoms with Gasteiger partial charge in [0.05, 0.1) is 26.0 Å². The number of nitrogens with zero attached hydrogens (tertiary/aromatic N) is 3. The van der Waals surface area contributed by atoms with Crippen LogP contribution < -0.4 is 14.8 Å². The second kappa shape index (κ2) is 7.94. The third-order valence-corrected chi connectivity index (χ3v) is 3.95. The topological polar surface area (TPSA) is 76.6 Å². The molecule has 2 heterocycles. The first-order chi connectivity index (χ1) is 12.6. The van der Waals surface area contributed by atoms with E-state index in [1.807, 2.05) is 0 Å². The molecule has 1 aromatic heterocycles. The van der Waals surface area contributed by atoms with Gasteiger partial charge in [-0.1, -0.05) is 6.07 Å². The number of benzene rings is 1. The predicted molar refractivity (Wildman–Crippen MR) is 89.2 cm³/mol. The van der Waals surface area contributed by atoms with Crippen molar-refractivity contribution >= 4 is 11.7 Å². The molecule has 0 spiro atoms. The molecule has 26 heavy (non-hydrogen) atoms. The summed E-state index contributed by atoms with van der Waals surface area (Å²) in [5.41, 5.74) is -0.459. The molecule has 1 atom stereocenters. The molecule has 1 aromatic carbocycles. The molecule has 1 unspecified atom stereocenters. The maximum Gasteiger partial charge on any atom is 0.322 e. The number of anilines is 1. The Hall–Kier alpha value is -2.97. The number of nitrogens with one attached hydrogen (secondary N) is 1. The number of carbonyl (C=O) groups excluding carboxylic acids is 1. The number of piperidine rings is 1. The Balaban J connectivity index is 1.63. The van der Waals surface area contributed by atoms with Crippen LogP contribution in [0.4, 0.5) is 19.3 Å². The molecule has 9 heteroatoms. The zero-order valence-electron chi connectivity index (χ0n) is 14.1. The van der Waals surface area contributed by atoms with Gasteiger partial charge in [-0.25, -0.2) is 13.6 Å². The molecule has 7 nitrogen and oxygen atoms in total. The number of halogens is 2. The number of urea groups is 1. The number of rotatable bonds is 4. The van der Waals surface area contributed by atoms with E-state index in [0.717, 1.165) is 18.6 Å². The number of carbonyl (C=O) groups is 1. The van der Waals surface area contributed by atoms with Gasteiger partial charge in [0, 0.05) is 6.54 Å². The lowest BCUT2D eigenvalue weighted by molar-refractivity contribution is 0.101. The number of aromatic nitrogens is 2. The first kappa shape index (κ1) is 17.8. The van der Waals surface area contributed by atoms with Crippen molar-refractivity contribution in [2.45, 2.75) is 18.9 Å². The molecule has 3 rings (SSSR count). The minimum absolute atomic E-state index is 0.265. The largest absolute Gasteiger partial charge is 0.480 e. The first-order valence-corrected chi connectivity index (χ1v) is 8.09. The Kier molecular flexibility index (Phi) is 5.45. The molecule has 1 N–H and O–H groups in total. The fourth-order valence-corrected chi connectivity index (χ4v) is 2.68. The van der Waals surface area contributed by atoms with Crippen LogP contribution in [0.3, 0.4) is 0 Å². The van der Waals surface area contributed by atoms with E-state index in [-0.39, 0.29) is 18.5 Å². The normalized spacial score (nSPS) is 16.9. The number of ether oxygens (including phenoxy) is 2. The van der Waals surface area contributed by atoms with E-state index < -0.39 is 23.4 Å². The monoisotopic (exact) mass is 364 g/mol. The maximum atomic E-state index is 13.7. The summed E-state index contributed by atoms with van der Waals surface area (Å²) >= 11 is 0. The van der Waals surface area contributed by atoms with Crippen molar-refractivity contribution in [3.8, 4) is 11.8 Å². The molecule has 1 fully saturated rings. The highest BCUT2D eigenvalue weighted by Gasteiger charge is 2.26. The molecule has 1 saturated heterocycles. The number of likely N-dealkylation sites (tertiary alicyclic amines) is 1. The predicted octanol–water partition coefficient (Wildman–Crippen LogP) is 2.84. The number of para-hydroxylation sites is 1. The van der Waals surface area contributed by atoms with Crippen LogP contribution in [-0.2, 0) is 0 Å². The van der Waals surface area contributed by atoms with Crippen LogP contribution >= 0.6 is 0 Å². The minimum Gasteiger partial charge on any atom is -0.480 e. The number of hydrogen-bond acceptors (Lipinski definition) is 5. The highest BCUT2D eigenvalue weighted by molar-refractivity contribution is 5.89. The Labute approximate surface area is 149 Å². The second-order valence-corrected chi connectivity index (χ2v) is 5.75. The van der Waals surface area contributed by atoms with Crippen molar-refractivity contribution in [2.75, 3.05) is 25.5 Å². The highest BCUT2D eigenvalue weighted by Crippen LogP contribution is 2.21. The van der Waals surface area contributed by atoms with Gasteiger partial charge in [0.15, 0.2) is 0 Å². The summed E-state index contributed by atoms with van der Waals surface area (Å²) in [4.78, 5) is 21.9. The smallest absolute Gasteiger partial charge is 0.322 e. The summed E-state index contributed by atoms with van der Waals surface area (Å²) in [5, 5.41) is 2.28. The molecule has 0 aliphatic carbocycles. The minimum atomic E-state index is -0.824. The summed E-state index contributed by atoms with van der Waals surface area (Å²) in [6.07, 6.45) is 4.01. The molecular weight excluding hydrogens is 346 g/mol. The fraction of sp³-hybridized carbons (Fsp3) is 0.353. The number of methoxy groups -OCH3 is 1. The van der Waals surface area contributed by atoms with Gasteiger partial charge in [0.1, 0.15) is 23.4 Å². The fourth-order valence-electron chi connectivity index (χ4n) is 2.68. The van der Waals surface area contributed by atoms with Gasteiger partial charge in [0.2, 0.25) is 11.8 Å². The molecule has 1 aliphatic heterocycles. The molecule has 2 aromatic rings. The molecule has 1 aliphatic rings. The van der Waals surface area contributed by atoms with Gasteiger partial charge in [-0.3, -0.25) is 4.98 Å². The summed E-state index contributed by atoms with van der Waals surface area (Å²) in [6, 6.07) is 2.82. The van der Waals surface area contributed by atoms with E-state index in [4.69, 9.17) is 9.47 Å². The molecule has 138 valence electrons. The van der Waals surface area contributed by atoms with Gasteiger partial charge >= 0.3 is 6.03 Å². The zero-order chi connectivity index (χ0) is 18.5. The van der Waals surface area contributed by atoms with Gasteiger partial charge in [-0.05, 0) is 25.0 Å². The van der Waals surface area contributed by atoms with Crippen LogP contribution in [0.15, 0.2) is 30.6 Å². The van der Waals surface area contributed by atoms with Crippen molar-refractivity contribution in [1.82, 2.24) is 14.9 Å². The lowest BCUT2D eigenvalue weighted by atomic mass is 10.1. The Bertz CT molecular complexity index is 770. The van der Waals surface area contributed by atoms with Gasteiger partial charge in [-0.2, -0.15) is 4.98 Å². The van der Waals surface area contributed by atoms with Crippen LogP contribution in [0, 0.1) is 11.6 Å². The van der Waals surface area contributed by atoms with Crippen LogP contribution in [0.2, 0.25) is 0 Å².